The van der Waals surface area contributed by atoms with E-state index in [1.807, 2.05) is 12.1 Å². The second kappa shape index (κ2) is 25.1. The molecule has 4 aliphatic rings. The SMILES string of the molecule is C[C@@H](OC[C@@]1(c2ccccc2)CC[C@](C#N)(N2CCOC2=O)CN1)c1cc(C(F)(F)F)cc(C(F)(F)F)c1.C[C@@H](OC[C@@]1(c2ccccc2)CC[C@](C#N)(N2CCOC2=O)CN1C(=O)OCc1ccccc1)c1cc(C(F)(F)F)cc(C(F)(F)F)c1. The largest absolute Gasteiger partial charge is 0.447 e. The minimum atomic E-state index is -5.05. The molecule has 0 saturated carbocycles. The third-order valence-electron chi connectivity index (χ3n) is 15.9. The number of piperidine rings is 2. The monoisotopic (exact) mass is 1220 g/mol. The Hall–Kier alpha value is -8.07. The van der Waals surface area contributed by atoms with Crippen LogP contribution in [0, 0.1) is 22.7 Å². The summed E-state index contributed by atoms with van der Waals surface area (Å²) in [5.74, 6) is 0. The number of nitrogens with zero attached hydrogens (tertiary/aromatic N) is 5. The smallest absolute Gasteiger partial charge is 0.416 e. The number of alkyl halides is 12. The molecule has 0 aromatic heterocycles. The molecule has 0 radical (unpaired) electrons. The van der Waals surface area contributed by atoms with Crippen LogP contribution >= 0.6 is 0 Å². The lowest BCUT2D eigenvalue weighted by Crippen LogP contribution is -2.66. The van der Waals surface area contributed by atoms with E-state index in [9.17, 15) is 77.6 Å². The predicted octanol–water partition coefficient (Wildman–Crippen LogP) is 13.6. The number of likely N-dealkylation sites (tertiary alicyclic amines) is 1. The number of nitriles is 2. The number of carbonyl (C=O) groups excluding carboxylic acids is 3. The first-order chi connectivity index (χ1) is 40.5. The maximum absolute atomic E-state index is 14.0. The number of hydrogen-bond donors (Lipinski definition) is 1. The zero-order valence-electron chi connectivity index (χ0n) is 46.0. The summed E-state index contributed by atoms with van der Waals surface area (Å²) in [5.41, 5.74) is -9.50. The fourth-order valence-corrected chi connectivity index (χ4v) is 11.0. The van der Waals surface area contributed by atoms with E-state index in [-0.39, 0.29) is 95.1 Å². The second-order valence-corrected chi connectivity index (χ2v) is 21.2. The van der Waals surface area contributed by atoms with Crippen LogP contribution in [-0.2, 0) is 66.1 Å². The Kier molecular flexibility index (Phi) is 18.7. The van der Waals surface area contributed by atoms with Crippen LogP contribution in [0.15, 0.2) is 127 Å². The zero-order chi connectivity index (χ0) is 62.5. The molecule has 6 atom stereocenters. The standard InChI is InChI=1S/C34H31F6N3O5.C26H25F6N3O3/c1-23(25-16-27(33(35,36)37)18-28(17-25)34(38,39)40)48-22-32(26-10-6-3-7-11-26)13-12-31(20-41,42-14-15-46-29(42)44)21-43(32)30(45)47-19-24-8-4-2-5-9-24;1-17(18-11-20(25(27,28)29)13-21(12-18)26(30,31)32)38-16-24(19-5-3-2-4-6-19)8-7-23(14-33,15-34-24)35-9-10-37-22(35)36/h2-11,16-18,23H,12-15,19,21-22H2,1H3;2-6,11-13,17,34H,7-10,15-16H2,1H3/t23-,31-,32-;17-,23-,24-/m11/s1. The number of ether oxygens (including phenoxy) is 5. The zero-order valence-corrected chi connectivity index (χ0v) is 46.0. The molecule has 4 heterocycles. The lowest BCUT2D eigenvalue weighted by atomic mass is 9.74. The molecule has 0 unspecified atom stereocenters. The van der Waals surface area contributed by atoms with E-state index in [1.54, 1.807) is 78.9 Å². The number of cyclic esters (lactones) is 2. The number of halogens is 12. The topological polar surface area (TPSA) is 167 Å². The van der Waals surface area contributed by atoms with E-state index >= 15 is 0 Å². The van der Waals surface area contributed by atoms with Crippen molar-refractivity contribution < 1.29 is 90.8 Å². The molecule has 5 aromatic carbocycles. The van der Waals surface area contributed by atoms with E-state index in [1.165, 1.54) is 28.5 Å². The molecule has 26 heteroatoms. The highest BCUT2D eigenvalue weighted by Gasteiger charge is 2.57. The van der Waals surface area contributed by atoms with Gasteiger partial charge in [-0.05, 0) is 104 Å². The Morgan fingerprint density at radius 1 is 0.581 bits per heavy atom. The molecule has 9 rings (SSSR count). The summed E-state index contributed by atoms with van der Waals surface area (Å²) in [6.07, 6.45) is -24.0. The molecule has 4 fully saturated rings. The summed E-state index contributed by atoms with van der Waals surface area (Å²) in [6.45, 7) is 2.34. The van der Waals surface area contributed by atoms with Crippen LogP contribution in [0.3, 0.4) is 0 Å². The highest BCUT2D eigenvalue weighted by Crippen LogP contribution is 2.47. The van der Waals surface area contributed by atoms with Gasteiger partial charge in [0.1, 0.15) is 25.4 Å². The summed E-state index contributed by atoms with van der Waals surface area (Å²) in [4.78, 5) is 42.8. The molecule has 0 bridgehead atoms. The minimum absolute atomic E-state index is 0.0118. The van der Waals surface area contributed by atoms with Gasteiger partial charge in [0.15, 0.2) is 5.54 Å². The number of carbonyl (C=O) groups is 3. The Bertz CT molecular complexity index is 3230. The number of benzene rings is 5. The third kappa shape index (κ3) is 13.9. The lowest BCUT2D eigenvalue weighted by molar-refractivity contribution is -0.145. The highest BCUT2D eigenvalue weighted by atomic mass is 19.4. The second-order valence-electron chi connectivity index (χ2n) is 21.2. The summed E-state index contributed by atoms with van der Waals surface area (Å²) < 4.78 is 190. The van der Waals surface area contributed by atoms with Gasteiger partial charge in [-0.25, -0.2) is 14.4 Å². The van der Waals surface area contributed by atoms with Gasteiger partial charge in [0, 0.05) is 6.54 Å². The highest BCUT2D eigenvalue weighted by molar-refractivity contribution is 5.74. The van der Waals surface area contributed by atoms with Crippen molar-refractivity contribution in [2.24, 2.45) is 0 Å². The van der Waals surface area contributed by atoms with Crippen molar-refractivity contribution in [3.63, 3.8) is 0 Å². The Morgan fingerprint density at radius 3 is 1.41 bits per heavy atom. The number of rotatable bonds is 14. The molecule has 3 amide bonds. The molecule has 0 spiro atoms. The number of amides is 3. The van der Waals surface area contributed by atoms with Gasteiger partial charge in [0.05, 0.1) is 90.5 Å². The van der Waals surface area contributed by atoms with Gasteiger partial charge in [-0.3, -0.25) is 14.7 Å². The summed E-state index contributed by atoms with van der Waals surface area (Å²) in [6, 6.07) is 33.3. The molecular weight excluding hydrogens is 1160 g/mol. The molecule has 86 heavy (non-hydrogen) atoms. The van der Waals surface area contributed by atoms with Gasteiger partial charge in [-0.2, -0.15) is 63.2 Å². The first-order valence-corrected chi connectivity index (χ1v) is 26.9. The first-order valence-electron chi connectivity index (χ1n) is 26.9. The van der Waals surface area contributed by atoms with Gasteiger partial charge in [-0.1, -0.05) is 91.0 Å². The Balaban J connectivity index is 0.000000230. The van der Waals surface area contributed by atoms with Crippen LogP contribution in [0.4, 0.5) is 67.1 Å². The quantitative estimate of drug-likeness (QED) is 0.0830. The molecule has 0 aliphatic carbocycles. The van der Waals surface area contributed by atoms with Crippen LogP contribution in [0.25, 0.3) is 0 Å². The summed E-state index contributed by atoms with van der Waals surface area (Å²) >= 11 is 0. The summed E-state index contributed by atoms with van der Waals surface area (Å²) in [5, 5.41) is 23.7. The van der Waals surface area contributed by atoms with Crippen molar-refractivity contribution in [1.82, 2.24) is 20.0 Å². The minimum Gasteiger partial charge on any atom is -0.447 e. The fourth-order valence-electron chi connectivity index (χ4n) is 11.0. The van der Waals surface area contributed by atoms with Crippen molar-refractivity contribution in [3.05, 3.63) is 177 Å². The molecule has 1 N–H and O–H groups in total. The third-order valence-corrected chi connectivity index (χ3v) is 15.9. The molecule has 458 valence electrons. The van der Waals surface area contributed by atoms with Crippen molar-refractivity contribution in [2.75, 3.05) is 52.6 Å². The van der Waals surface area contributed by atoms with E-state index in [0.29, 0.717) is 41.8 Å². The molecule has 14 nitrogen and oxygen atoms in total. The molecule has 4 aliphatic heterocycles. The molecular formula is C60H56F12N6O8. The number of nitrogens with one attached hydrogen (secondary N) is 1. The average molecular weight is 1220 g/mol. The van der Waals surface area contributed by atoms with E-state index < -0.39 is 106 Å². The maximum Gasteiger partial charge on any atom is 0.416 e. The van der Waals surface area contributed by atoms with Gasteiger partial charge < -0.3 is 29.0 Å². The van der Waals surface area contributed by atoms with Crippen molar-refractivity contribution in [2.45, 2.75) is 105 Å². The van der Waals surface area contributed by atoms with Crippen molar-refractivity contribution in [1.29, 1.82) is 10.5 Å². The number of hydrogen-bond acceptors (Lipinski definition) is 11. The normalized spacial score (nSPS) is 23.5. The van der Waals surface area contributed by atoms with E-state index in [4.69, 9.17) is 23.7 Å². The van der Waals surface area contributed by atoms with Gasteiger partial charge in [0.25, 0.3) is 0 Å². The van der Waals surface area contributed by atoms with Crippen LogP contribution in [0.2, 0.25) is 0 Å². The first kappa shape index (κ1) is 63.9. The fraction of sp³-hybridized carbons (Fsp3) is 0.417. The Labute approximate surface area is 485 Å². The van der Waals surface area contributed by atoms with Crippen molar-refractivity contribution >= 4 is 18.3 Å². The maximum atomic E-state index is 14.0. The predicted molar refractivity (Wildman–Crippen MR) is 280 cm³/mol. The van der Waals surface area contributed by atoms with Gasteiger partial charge in [-0.15, -0.1) is 0 Å². The van der Waals surface area contributed by atoms with E-state index in [0.717, 1.165) is 5.56 Å². The average Bonchev–Trinajstić information content (AvgIpc) is 1.05. The Morgan fingerprint density at radius 2 is 1.00 bits per heavy atom. The van der Waals surface area contributed by atoms with E-state index in [2.05, 4.69) is 17.5 Å². The van der Waals surface area contributed by atoms with Crippen molar-refractivity contribution in [3.8, 4) is 12.1 Å². The van der Waals surface area contributed by atoms with Crippen LogP contribution in [0.1, 0.15) is 102 Å². The van der Waals surface area contributed by atoms with Crippen LogP contribution in [-0.4, -0.2) is 96.7 Å². The molecule has 5 aromatic rings. The molecule has 4 saturated heterocycles. The summed E-state index contributed by atoms with van der Waals surface area (Å²) in [7, 11) is 0. The van der Waals surface area contributed by atoms with Crippen LogP contribution < -0.4 is 5.32 Å². The van der Waals surface area contributed by atoms with Gasteiger partial charge >= 0.3 is 43.0 Å². The van der Waals surface area contributed by atoms with Crippen LogP contribution in [0.5, 0.6) is 0 Å². The lowest BCUT2D eigenvalue weighted by Gasteiger charge is -2.53. The van der Waals surface area contributed by atoms with Gasteiger partial charge in [0.2, 0.25) is 0 Å².